The number of fused-ring (bicyclic) bond motifs is 1. The van der Waals surface area contributed by atoms with E-state index in [9.17, 15) is 14.4 Å². The molecule has 130 valence electrons. The van der Waals surface area contributed by atoms with Crippen molar-refractivity contribution in [3.63, 3.8) is 0 Å². The van der Waals surface area contributed by atoms with Crippen molar-refractivity contribution >= 4 is 17.8 Å². The molecular formula is C20H21NO4. The highest BCUT2D eigenvalue weighted by Gasteiger charge is 2.55. The normalized spacial score (nSPS) is 35.2. The summed E-state index contributed by atoms with van der Waals surface area (Å²) in [5.74, 6) is 0.996. The van der Waals surface area contributed by atoms with Crippen molar-refractivity contribution in [3.8, 4) is 0 Å². The molecule has 1 aromatic carbocycles. The smallest absolute Gasteiger partial charge is 0.313 e. The van der Waals surface area contributed by atoms with E-state index < -0.39 is 0 Å². The highest BCUT2D eigenvalue weighted by atomic mass is 16.5. The molecule has 5 heteroatoms. The SMILES string of the molecule is O=C1c2ccccc2C(=O)N1COC(=O)C12CC3CC(CC(C3)C1)C2. The Kier molecular flexibility index (Phi) is 3.12. The minimum atomic E-state index is -0.376. The first-order chi connectivity index (χ1) is 12.1. The molecular weight excluding hydrogens is 318 g/mol. The van der Waals surface area contributed by atoms with E-state index in [1.165, 1.54) is 19.3 Å². The van der Waals surface area contributed by atoms with Crippen LogP contribution in [0, 0.1) is 23.2 Å². The fourth-order valence-corrected chi connectivity index (χ4v) is 5.99. The van der Waals surface area contributed by atoms with Gasteiger partial charge in [0.15, 0.2) is 6.73 Å². The molecule has 4 saturated carbocycles. The van der Waals surface area contributed by atoms with Gasteiger partial charge in [-0.15, -0.1) is 0 Å². The Balaban J connectivity index is 1.30. The lowest BCUT2D eigenvalue weighted by Crippen LogP contribution is -2.51. The van der Waals surface area contributed by atoms with Gasteiger partial charge in [-0.05, 0) is 68.4 Å². The van der Waals surface area contributed by atoms with Gasteiger partial charge in [0.05, 0.1) is 16.5 Å². The lowest BCUT2D eigenvalue weighted by molar-refractivity contribution is -0.174. The topological polar surface area (TPSA) is 63.7 Å². The van der Waals surface area contributed by atoms with Gasteiger partial charge in [-0.25, -0.2) is 4.90 Å². The molecule has 6 rings (SSSR count). The molecule has 0 radical (unpaired) electrons. The van der Waals surface area contributed by atoms with Gasteiger partial charge in [0.2, 0.25) is 0 Å². The number of hydrogen-bond donors (Lipinski definition) is 0. The third kappa shape index (κ3) is 2.17. The summed E-state index contributed by atoms with van der Waals surface area (Å²) in [6.07, 6.45) is 6.51. The first kappa shape index (κ1) is 15.1. The number of carbonyl (C=O) groups is 3. The maximum atomic E-state index is 12.9. The fourth-order valence-electron chi connectivity index (χ4n) is 5.99. The second-order valence-corrected chi connectivity index (χ2v) is 8.34. The van der Waals surface area contributed by atoms with E-state index >= 15 is 0 Å². The molecule has 4 aliphatic carbocycles. The first-order valence-electron chi connectivity index (χ1n) is 9.18. The zero-order chi connectivity index (χ0) is 17.2. The molecule has 4 fully saturated rings. The Morgan fingerprint density at radius 2 is 1.44 bits per heavy atom. The van der Waals surface area contributed by atoms with Crippen LogP contribution in [-0.2, 0) is 9.53 Å². The van der Waals surface area contributed by atoms with E-state index in [2.05, 4.69) is 0 Å². The summed E-state index contributed by atoms with van der Waals surface area (Å²) in [6.45, 7) is -0.271. The van der Waals surface area contributed by atoms with Crippen molar-refractivity contribution in [2.24, 2.45) is 23.2 Å². The van der Waals surface area contributed by atoms with E-state index in [1.54, 1.807) is 24.3 Å². The zero-order valence-corrected chi connectivity index (χ0v) is 14.1. The molecule has 0 unspecified atom stereocenters. The Morgan fingerprint density at radius 3 is 1.92 bits per heavy atom. The molecule has 0 saturated heterocycles. The van der Waals surface area contributed by atoms with Gasteiger partial charge in [0.25, 0.3) is 11.8 Å². The van der Waals surface area contributed by atoms with Crippen LogP contribution in [0.5, 0.6) is 0 Å². The number of imide groups is 1. The average molecular weight is 339 g/mol. The van der Waals surface area contributed by atoms with Crippen molar-refractivity contribution in [2.75, 3.05) is 6.73 Å². The van der Waals surface area contributed by atoms with Gasteiger partial charge in [-0.2, -0.15) is 0 Å². The van der Waals surface area contributed by atoms with Crippen LogP contribution in [0.3, 0.4) is 0 Å². The van der Waals surface area contributed by atoms with Crippen LogP contribution >= 0.6 is 0 Å². The molecule has 4 bridgehead atoms. The van der Waals surface area contributed by atoms with Crippen molar-refractivity contribution in [2.45, 2.75) is 38.5 Å². The third-order valence-electron chi connectivity index (χ3n) is 6.67. The van der Waals surface area contributed by atoms with Gasteiger partial charge < -0.3 is 4.74 Å². The molecule has 1 heterocycles. The van der Waals surface area contributed by atoms with Gasteiger partial charge in [0, 0.05) is 0 Å². The molecule has 0 aromatic heterocycles. The summed E-state index contributed by atoms with van der Waals surface area (Å²) in [5.41, 5.74) is 0.407. The molecule has 1 aromatic rings. The largest absolute Gasteiger partial charge is 0.443 e. The molecule has 0 N–H and O–H groups in total. The van der Waals surface area contributed by atoms with E-state index in [4.69, 9.17) is 4.74 Å². The Morgan fingerprint density at radius 1 is 0.960 bits per heavy atom. The minimum absolute atomic E-state index is 0.205. The highest BCUT2D eigenvalue weighted by Crippen LogP contribution is 2.60. The van der Waals surface area contributed by atoms with E-state index in [-0.39, 0.29) is 29.9 Å². The lowest BCUT2D eigenvalue weighted by Gasteiger charge is -2.55. The Bertz CT molecular complexity index is 713. The molecule has 0 spiro atoms. The zero-order valence-electron chi connectivity index (χ0n) is 14.1. The van der Waals surface area contributed by atoms with Crippen molar-refractivity contribution in [1.82, 2.24) is 4.90 Å². The maximum Gasteiger partial charge on any atom is 0.313 e. The minimum Gasteiger partial charge on any atom is -0.443 e. The number of esters is 1. The number of hydrogen-bond acceptors (Lipinski definition) is 4. The molecule has 5 aliphatic rings. The number of nitrogens with zero attached hydrogens (tertiary/aromatic N) is 1. The van der Waals surface area contributed by atoms with Crippen molar-refractivity contribution < 1.29 is 19.1 Å². The number of carbonyl (C=O) groups excluding carboxylic acids is 3. The van der Waals surface area contributed by atoms with Crippen LogP contribution in [0.25, 0.3) is 0 Å². The van der Waals surface area contributed by atoms with E-state index in [0.717, 1.165) is 24.2 Å². The van der Waals surface area contributed by atoms with E-state index in [1.807, 2.05) is 0 Å². The second-order valence-electron chi connectivity index (χ2n) is 8.34. The van der Waals surface area contributed by atoms with E-state index in [0.29, 0.717) is 28.9 Å². The Hall–Kier alpha value is -2.17. The Labute approximate surface area is 146 Å². The van der Waals surface area contributed by atoms with Crippen LogP contribution in [0.15, 0.2) is 24.3 Å². The predicted octanol–water partition coefficient (Wildman–Crippen LogP) is 3.00. The molecule has 2 amide bonds. The van der Waals surface area contributed by atoms with Crippen LogP contribution in [0.1, 0.15) is 59.2 Å². The summed E-state index contributed by atoms with van der Waals surface area (Å²) in [5, 5.41) is 0. The number of benzene rings is 1. The van der Waals surface area contributed by atoms with Crippen LogP contribution in [0.4, 0.5) is 0 Å². The monoisotopic (exact) mass is 339 g/mol. The highest BCUT2D eigenvalue weighted by molar-refractivity contribution is 6.21. The number of rotatable bonds is 3. The molecule has 5 nitrogen and oxygen atoms in total. The number of amides is 2. The van der Waals surface area contributed by atoms with Crippen LogP contribution in [0.2, 0.25) is 0 Å². The lowest BCUT2D eigenvalue weighted by atomic mass is 9.49. The summed E-state index contributed by atoms with van der Waals surface area (Å²) in [4.78, 5) is 38.7. The van der Waals surface area contributed by atoms with Crippen molar-refractivity contribution in [3.05, 3.63) is 35.4 Å². The molecule has 0 atom stereocenters. The standard InChI is InChI=1S/C20H21NO4/c22-17-15-3-1-2-4-16(15)18(23)21(17)11-25-19(24)20-8-12-5-13(9-20)7-14(6-12)10-20/h1-4,12-14H,5-11H2. The summed E-state index contributed by atoms with van der Waals surface area (Å²) < 4.78 is 5.53. The summed E-state index contributed by atoms with van der Waals surface area (Å²) in [6, 6.07) is 6.73. The molecule has 25 heavy (non-hydrogen) atoms. The first-order valence-corrected chi connectivity index (χ1v) is 9.18. The number of ether oxygens (including phenoxy) is 1. The predicted molar refractivity (Wildman–Crippen MR) is 88.5 cm³/mol. The summed E-state index contributed by atoms with van der Waals surface area (Å²) in [7, 11) is 0. The summed E-state index contributed by atoms with van der Waals surface area (Å²) >= 11 is 0. The quantitative estimate of drug-likeness (QED) is 0.627. The van der Waals surface area contributed by atoms with Gasteiger partial charge in [-0.1, -0.05) is 12.1 Å². The third-order valence-corrected chi connectivity index (χ3v) is 6.67. The average Bonchev–Trinajstić information content (AvgIpc) is 2.83. The fraction of sp³-hybridized carbons (Fsp3) is 0.550. The van der Waals surface area contributed by atoms with Crippen molar-refractivity contribution in [1.29, 1.82) is 0 Å². The van der Waals surface area contributed by atoms with Gasteiger partial charge in [0.1, 0.15) is 0 Å². The second kappa shape index (κ2) is 5.16. The molecule has 1 aliphatic heterocycles. The van der Waals surface area contributed by atoms with Crippen LogP contribution < -0.4 is 0 Å². The van der Waals surface area contributed by atoms with Gasteiger partial charge >= 0.3 is 5.97 Å². The van der Waals surface area contributed by atoms with Crippen LogP contribution in [-0.4, -0.2) is 29.4 Å². The van der Waals surface area contributed by atoms with Gasteiger partial charge in [-0.3, -0.25) is 14.4 Å². The maximum absolute atomic E-state index is 12.9.